The molecule has 7 heteroatoms. The Labute approximate surface area is 167 Å². The second-order valence-electron chi connectivity index (χ2n) is 7.15. The number of Topliss-reactive ketones (excluding diaryl/α,β-unsaturated/α-hetero) is 1. The first-order chi connectivity index (χ1) is 14.2. The third-order valence-corrected chi connectivity index (χ3v) is 5.34. The van der Waals surface area contributed by atoms with E-state index in [4.69, 9.17) is 9.15 Å². The van der Waals surface area contributed by atoms with E-state index in [1.54, 1.807) is 7.11 Å². The Morgan fingerprint density at radius 1 is 1.21 bits per heavy atom. The Balaban J connectivity index is 1.51. The molecular formula is C22H21N4O3+. The Kier molecular flexibility index (Phi) is 4.27. The maximum absolute atomic E-state index is 12.7. The second kappa shape index (κ2) is 7.09. The van der Waals surface area contributed by atoms with E-state index in [1.165, 1.54) is 0 Å². The Hall–Kier alpha value is -3.61. The summed E-state index contributed by atoms with van der Waals surface area (Å²) < 4.78 is 11.0. The third kappa shape index (κ3) is 3.24. The molecule has 2 heterocycles. The molecule has 0 fully saturated rings. The van der Waals surface area contributed by atoms with Gasteiger partial charge in [0, 0.05) is 6.42 Å². The van der Waals surface area contributed by atoms with Crippen molar-refractivity contribution in [3.8, 4) is 5.75 Å². The number of nitrogens with one attached hydrogen (secondary N) is 3. The van der Waals surface area contributed by atoms with Gasteiger partial charge in [0.15, 0.2) is 5.58 Å². The van der Waals surface area contributed by atoms with Crippen molar-refractivity contribution in [1.82, 2.24) is 10.3 Å². The average molecular weight is 389 g/mol. The molecule has 0 saturated carbocycles. The summed E-state index contributed by atoms with van der Waals surface area (Å²) >= 11 is 0. The molecule has 7 nitrogen and oxygen atoms in total. The van der Waals surface area contributed by atoms with Gasteiger partial charge in [0.1, 0.15) is 29.0 Å². The van der Waals surface area contributed by atoms with Crippen LogP contribution in [0.4, 0.5) is 6.01 Å². The smallest absolute Gasteiger partial charge is 0.365 e. The van der Waals surface area contributed by atoms with Gasteiger partial charge in [-0.2, -0.15) is 10.3 Å². The van der Waals surface area contributed by atoms with Crippen molar-refractivity contribution in [2.45, 2.75) is 18.9 Å². The summed E-state index contributed by atoms with van der Waals surface area (Å²) in [6, 6.07) is 15.6. The van der Waals surface area contributed by atoms with E-state index >= 15 is 0 Å². The van der Waals surface area contributed by atoms with Crippen LogP contribution in [-0.4, -0.2) is 23.8 Å². The molecule has 0 unspecified atom stereocenters. The number of rotatable bonds is 3. The topological polar surface area (TPSA) is 90.4 Å². The van der Waals surface area contributed by atoms with Crippen LogP contribution < -0.4 is 20.4 Å². The molecule has 3 N–H and O–H groups in total. The van der Waals surface area contributed by atoms with Crippen molar-refractivity contribution in [3.05, 3.63) is 65.9 Å². The zero-order valence-corrected chi connectivity index (χ0v) is 15.9. The van der Waals surface area contributed by atoms with Crippen molar-refractivity contribution in [2.75, 3.05) is 12.4 Å². The summed E-state index contributed by atoms with van der Waals surface area (Å²) in [5, 5.41) is 6.49. The molecule has 0 saturated heterocycles. The first-order valence-electron chi connectivity index (χ1n) is 9.61. The summed E-state index contributed by atoms with van der Waals surface area (Å²) in [5.41, 5.74) is 3.40. The summed E-state index contributed by atoms with van der Waals surface area (Å²) in [7, 11) is 1.64. The summed E-state index contributed by atoms with van der Waals surface area (Å²) in [5.74, 6) is 1.38. The van der Waals surface area contributed by atoms with Gasteiger partial charge in [-0.05, 0) is 42.3 Å². The molecule has 1 aliphatic carbocycles. The number of nitrogens with zero attached hydrogens (tertiary/aromatic N) is 1. The van der Waals surface area contributed by atoms with Crippen LogP contribution in [0.25, 0.3) is 11.1 Å². The summed E-state index contributed by atoms with van der Waals surface area (Å²) in [6.07, 6.45) is 3.39. The fraction of sp³-hybridized carbons (Fsp3) is 0.227. The van der Waals surface area contributed by atoms with E-state index in [0.29, 0.717) is 24.0 Å². The van der Waals surface area contributed by atoms with E-state index in [1.807, 2.05) is 48.5 Å². The number of benzene rings is 2. The zero-order valence-electron chi connectivity index (χ0n) is 15.9. The van der Waals surface area contributed by atoms with Gasteiger partial charge in [-0.25, -0.2) is 5.32 Å². The van der Waals surface area contributed by atoms with Gasteiger partial charge in [-0.15, -0.1) is 0 Å². The van der Waals surface area contributed by atoms with Gasteiger partial charge in [-0.3, -0.25) is 9.79 Å². The van der Waals surface area contributed by atoms with Crippen LogP contribution in [0.1, 0.15) is 24.4 Å². The first kappa shape index (κ1) is 17.5. The van der Waals surface area contributed by atoms with Crippen LogP contribution in [0.3, 0.4) is 0 Å². The molecule has 3 aromatic rings. The number of allylic oxidation sites excluding steroid dienone is 1. The van der Waals surface area contributed by atoms with Crippen LogP contribution in [0, 0.1) is 5.92 Å². The number of oxazole rings is 1. The van der Waals surface area contributed by atoms with E-state index < -0.39 is 0 Å². The predicted octanol–water partition coefficient (Wildman–Crippen LogP) is 1.89. The van der Waals surface area contributed by atoms with Crippen LogP contribution in [0.15, 0.2) is 64.7 Å². The van der Waals surface area contributed by atoms with Crippen LogP contribution in [0.2, 0.25) is 0 Å². The third-order valence-electron chi connectivity index (χ3n) is 5.34. The lowest BCUT2D eigenvalue weighted by Crippen LogP contribution is -2.84. The van der Waals surface area contributed by atoms with Crippen molar-refractivity contribution >= 4 is 28.9 Å². The molecule has 1 aliphatic heterocycles. The number of guanidine groups is 1. The first-order valence-corrected chi connectivity index (χ1v) is 9.61. The van der Waals surface area contributed by atoms with Gasteiger partial charge in [0.25, 0.3) is 0 Å². The predicted molar refractivity (Wildman–Crippen MR) is 108 cm³/mol. The fourth-order valence-electron chi connectivity index (χ4n) is 3.93. The quantitative estimate of drug-likeness (QED) is 0.634. The molecule has 2 aliphatic rings. The highest BCUT2D eigenvalue weighted by atomic mass is 16.5. The van der Waals surface area contributed by atoms with E-state index in [9.17, 15) is 4.79 Å². The van der Waals surface area contributed by atoms with Crippen molar-refractivity contribution in [3.63, 3.8) is 0 Å². The van der Waals surface area contributed by atoms with Gasteiger partial charge in [-0.1, -0.05) is 24.3 Å². The van der Waals surface area contributed by atoms with E-state index in [2.05, 4.69) is 26.7 Å². The molecule has 146 valence electrons. The number of hydrogen-bond donors (Lipinski definition) is 3. The van der Waals surface area contributed by atoms with Crippen molar-refractivity contribution in [2.24, 2.45) is 5.92 Å². The number of hydrogen-bond acceptors (Lipinski definition) is 6. The lowest BCUT2D eigenvalue weighted by molar-refractivity contribution is -0.522. The average Bonchev–Trinajstić information content (AvgIpc) is 3.15. The second-order valence-corrected chi connectivity index (χ2v) is 7.15. The minimum Gasteiger partial charge on any atom is -0.497 e. The maximum Gasteiger partial charge on any atom is 0.365 e. The fourth-order valence-corrected chi connectivity index (χ4v) is 3.93. The van der Waals surface area contributed by atoms with Gasteiger partial charge < -0.3 is 9.15 Å². The highest BCUT2D eigenvalue weighted by molar-refractivity contribution is 5.93. The molecule has 0 bridgehead atoms. The number of ether oxygens (including phenoxy) is 1. The highest BCUT2D eigenvalue weighted by Crippen LogP contribution is 2.31. The lowest BCUT2D eigenvalue weighted by Gasteiger charge is -2.30. The molecule has 2 atom stereocenters. The number of para-hydroxylation sites is 2. The lowest BCUT2D eigenvalue weighted by atomic mass is 9.81. The molecule has 5 rings (SSSR count). The number of anilines is 1. The Morgan fingerprint density at radius 3 is 2.83 bits per heavy atom. The SMILES string of the molecule is COc1ccc([C@H]2[NH+]=C(Nc3nc4ccccc4o3)NC3=CCCC(=O)[C@@H]32)cc1. The van der Waals surface area contributed by atoms with Gasteiger partial charge in [0.05, 0.1) is 12.8 Å². The van der Waals surface area contributed by atoms with Crippen molar-refractivity contribution in [1.29, 1.82) is 0 Å². The maximum atomic E-state index is 12.7. The number of carbonyl (C=O) groups excluding carboxylic acids is 1. The Morgan fingerprint density at radius 2 is 2.03 bits per heavy atom. The normalized spacial score (nSPS) is 21.1. The monoisotopic (exact) mass is 389 g/mol. The van der Waals surface area contributed by atoms with Crippen molar-refractivity contribution < 1.29 is 18.9 Å². The minimum atomic E-state index is -0.258. The van der Waals surface area contributed by atoms with Gasteiger partial charge >= 0.3 is 12.0 Å². The number of methoxy groups -OCH3 is 1. The van der Waals surface area contributed by atoms with E-state index in [0.717, 1.165) is 28.9 Å². The number of fused-ring (bicyclic) bond motifs is 2. The zero-order chi connectivity index (χ0) is 19.8. The molecule has 0 amide bonds. The summed E-state index contributed by atoms with van der Waals surface area (Å²) in [4.78, 5) is 20.6. The minimum absolute atomic E-state index is 0.201. The van der Waals surface area contributed by atoms with Crippen LogP contribution in [0.5, 0.6) is 5.75 Å². The molecule has 2 aromatic carbocycles. The molecule has 0 radical (unpaired) electrons. The molecule has 1 aromatic heterocycles. The standard InChI is InChI=1S/C22H20N4O3/c1-28-14-11-9-13(10-12-14)20-19-16(6-4-7-17(19)27)23-21(25-20)26-22-24-15-5-2-3-8-18(15)29-22/h2-3,5-6,8-12,19-20H,4,7H2,1H3,(H2,23,24,25,26)/p+1/t19-,20-/m1/s1. The van der Waals surface area contributed by atoms with Crippen LogP contribution in [-0.2, 0) is 4.79 Å². The van der Waals surface area contributed by atoms with Gasteiger partial charge in [0.2, 0.25) is 0 Å². The Bertz CT molecular complexity index is 1100. The van der Waals surface area contributed by atoms with E-state index in [-0.39, 0.29) is 17.7 Å². The summed E-state index contributed by atoms with van der Waals surface area (Å²) in [6.45, 7) is 0. The highest BCUT2D eigenvalue weighted by Gasteiger charge is 2.41. The number of ketones is 1. The molecule has 0 spiro atoms. The van der Waals surface area contributed by atoms with Crippen LogP contribution >= 0.6 is 0 Å². The molecular weight excluding hydrogens is 368 g/mol. The molecule has 29 heavy (non-hydrogen) atoms. The number of aromatic nitrogens is 1. The largest absolute Gasteiger partial charge is 0.497 e. The number of carbonyl (C=O) groups is 1.